The SMILES string of the molecule is CC(=O)CCC(I)CC(F)(F)S(=O)(=O)c1ccccn1. The molecule has 8 heteroatoms. The van der Waals surface area contributed by atoms with E-state index in [1.165, 1.54) is 19.1 Å². The van der Waals surface area contributed by atoms with Gasteiger partial charge < -0.3 is 4.79 Å². The Hall–Kier alpha value is -0.640. The smallest absolute Gasteiger partial charge is 0.300 e. The second kappa shape index (κ2) is 6.88. The second-order valence-corrected chi connectivity index (χ2v) is 8.13. The van der Waals surface area contributed by atoms with Crippen molar-refractivity contribution >= 4 is 38.2 Å². The molecule has 0 saturated carbocycles. The Balaban J connectivity index is 2.85. The molecule has 20 heavy (non-hydrogen) atoms. The Morgan fingerprint density at radius 2 is 2.10 bits per heavy atom. The molecule has 1 heterocycles. The van der Waals surface area contributed by atoms with Crippen molar-refractivity contribution in [2.45, 2.75) is 40.4 Å². The quantitative estimate of drug-likeness (QED) is 0.506. The van der Waals surface area contributed by atoms with E-state index in [1.54, 1.807) is 22.6 Å². The summed E-state index contributed by atoms with van der Waals surface area (Å²) in [6, 6.07) is 3.83. The van der Waals surface area contributed by atoms with Crippen molar-refractivity contribution in [3.8, 4) is 0 Å². The number of hydrogen-bond donors (Lipinski definition) is 0. The number of pyridine rings is 1. The molecule has 0 aromatic carbocycles. The summed E-state index contributed by atoms with van der Waals surface area (Å²) in [7, 11) is -4.81. The van der Waals surface area contributed by atoms with E-state index in [-0.39, 0.29) is 18.6 Å². The molecule has 0 aliphatic rings. The Morgan fingerprint density at radius 1 is 1.45 bits per heavy atom. The van der Waals surface area contributed by atoms with Gasteiger partial charge in [-0.15, -0.1) is 0 Å². The molecule has 1 aromatic heterocycles. The number of Topliss-reactive ketones (excluding diaryl/α,β-unsaturated/α-hetero) is 1. The summed E-state index contributed by atoms with van der Waals surface area (Å²) >= 11 is 1.74. The second-order valence-electron chi connectivity index (χ2n) is 4.35. The molecule has 0 N–H and O–H groups in total. The number of halogens is 3. The highest BCUT2D eigenvalue weighted by atomic mass is 127. The molecule has 0 fully saturated rings. The zero-order valence-electron chi connectivity index (χ0n) is 10.7. The maximum absolute atomic E-state index is 13.9. The lowest BCUT2D eigenvalue weighted by molar-refractivity contribution is -0.117. The maximum Gasteiger partial charge on any atom is 0.352 e. The van der Waals surface area contributed by atoms with E-state index in [1.807, 2.05) is 0 Å². The molecule has 4 nitrogen and oxygen atoms in total. The largest absolute Gasteiger partial charge is 0.352 e. The average Bonchev–Trinajstić information content (AvgIpc) is 2.36. The Bertz CT molecular complexity index is 563. The molecular weight excluding hydrogens is 403 g/mol. The van der Waals surface area contributed by atoms with Crippen LogP contribution >= 0.6 is 22.6 Å². The molecule has 0 aliphatic heterocycles. The number of ketones is 1. The number of nitrogens with zero attached hydrogens (tertiary/aromatic N) is 1. The highest BCUT2D eigenvalue weighted by Gasteiger charge is 2.47. The van der Waals surface area contributed by atoms with Crippen LogP contribution < -0.4 is 0 Å². The fourth-order valence-corrected chi connectivity index (χ4v) is 3.84. The van der Waals surface area contributed by atoms with E-state index < -0.39 is 30.5 Å². The zero-order valence-corrected chi connectivity index (χ0v) is 13.7. The van der Waals surface area contributed by atoms with Crippen molar-refractivity contribution in [2.24, 2.45) is 0 Å². The first-order valence-electron chi connectivity index (χ1n) is 5.84. The Morgan fingerprint density at radius 3 is 2.60 bits per heavy atom. The van der Waals surface area contributed by atoms with Crippen LogP contribution in [0.1, 0.15) is 26.2 Å². The molecule has 112 valence electrons. The number of rotatable bonds is 7. The van der Waals surface area contributed by atoms with Crippen LogP contribution in [-0.4, -0.2) is 28.4 Å². The van der Waals surface area contributed by atoms with Gasteiger partial charge in [-0.3, -0.25) is 0 Å². The standard InChI is InChI=1S/C12H14F2INO3S/c1-9(17)5-6-10(15)8-12(13,14)20(18,19)11-4-2-3-7-16-11/h2-4,7,10H,5-6,8H2,1H3. The van der Waals surface area contributed by atoms with Gasteiger partial charge in [0.15, 0.2) is 5.03 Å². The minimum absolute atomic E-state index is 0.109. The van der Waals surface area contributed by atoms with Crippen molar-refractivity contribution in [1.82, 2.24) is 4.98 Å². The number of carbonyl (C=O) groups excluding carboxylic acids is 1. The molecule has 0 saturated heterocycles. The monoisotopic (exact) mass is 417 g/mol. The van der Waals surface area contributed by atoms with E-state index in [2.05, 4.69) is 4.98 Å². The predicted molar refractivity (Wildman–Crippen MR) is 78.7 cm³/mol. The van der Waals surface area contributed by atoms with Gasteiger partial charge in [-0.1, -0.05) is 28.7 Å². The fourth-order valence-electron chi connectivity index (χ4n) is 1.49. The molecule has 1 atom stereocenters. The van der Waals surface area contributed by atoms with Gasteiger partial charge in [0.25, 0.3) is 9.84 Å². The highest BCUT2D eigenvalue weighted by molar-refractivity contribution is 14.1. The predicted octanol–water partition coefficient (Wildman–Crippen LogP) is 3.01. The maximum atomic E-state index is 13.9. The summed E-state index contributed by atoms with van der Waals surface area (Å²) in [5, 5.41) is -4.54. The molecular formula is C12H14F2INO3S. The third-order valence-electron chi connectivity index (χ3n) is 2.58. The Kier molecular flexibility index (Phi) is 5.99. The van der Waals surface area contributed by atoms with Crippen LogP contribution in [0.5, 0.6) is 0 Å². The lowest BCUT2D eigenvalue weighted by Crippen LogP contribution is -2.32. The molecule has 0 aliphatic carbocycles. The van der Waals surface area contributed by atoms with Crippen LogP contribution in [0.3, 0.4) is 0 Å². The van der Waals surface area contributed by atoms with Gasteiger partial charge in [-0.25, -0.2) is 13.4 Å². The minimum Gasteiger partial charge on any atom is -0.300 e. The van der Waals surface area contributed by atoms with Gasteiger partial charge in [-0.2, -0.15) is 8.78 Å². The first-order valence-corrected chi connectivity index (χ1v) is 8.56. The van der Waals surface area contributed by atoms with E-state index in [9.17, 15) is 22.0 Å². The topological polar surface area (TPSA) is 64.1 Å². The summed E-state index contributed by atoms with van der Waals surface area (Å²) in [4.78, 5) is 14.3. The number of alkyl halides is 3. The van der Waals surface area contributed by atoms with Gasteiger partial charge >= 0.3 is 5.25 Å². The van der Waals surface area contributed by atoms with Crippen LogP contribution in [0.2, 0.25) is 0 Å². The summed E-state index contributed by atoms with van der Waals surface area (Å²) < 4.78 is 51.0. The Labute approximate surface area is 130 Å². The molecule has 1 aromatic rings. The van der Waals surface area contributed by atoms with Gasteiger partial charge in [0, 0.05) is 23.0 Å². The van der Waals surface area contributed by atoms with Crippen molar-refractivity contribution in [3.05, 3.63) is 24.4 Å². The number of hydrogen-bond acceptors (Lipinski definition) is 4. The molecule has 0 spiro atoms. The van der Waals surface area contributed by atoms with Crippen LogP contribution in [0.4, 0.5) is 8.78 Å². The zero-order chi connectivity index (χ0) is 15.4. The molecule has 0 amide bonds. The van der Waals surface area contributed by atoms with E-state index in [0.717, 1.165) is 12.3 Å². The van der Waals surface area contributed by atoms with Crippen LogP contribution in [-0.2, 0) is 14.6 Å². The summed E-state index contributed by atoms with van der Waals surface area (Å²) in [5.41, 5.74) is 0. The van der Waals surface area contributed by atoms with Crippen molar-refractivity contribution < 1.29 is 22.0 Å². The van der Waals surface area contributed by atoms with Crippen LogP contribution in [0.15, 0.2) is 29.4 Å². The molecule has 0 radical (unpaired) electrons. The lowest BCUT2D eigenvalue weighted by atomic mass is 10.1. The molecule has 1 rings (SSSR count). The minimum atomic E-state index is -4.81. The number of aromatic nitrogens is 1. The fraction of sp³-hybridized carbons (Fsp3) is 0.500. The molecule has 1 unspecified atom stereocenters. The summed E-state index contributed by atoms with van der Waals surface area (Å²) in [5.74, 6) is -0.109. The number of sulfone groups is 1. The first kappa shape index (κ1) is 17.4. The van der Waals surface area contributed by atoms with Gasteiger partial charge in [0.1, 0.15) is 5.78 Å². The van der Waals surface area contributed by atoms with E-state index in [4.69, 9.17) is 0 Å². The molecule has 0 bridgehead atoms. The first-order chi connectivity index (χ1) is 9.17. The van der Waals surface area contributed by atoms with Gasteiger partial charge in [0.2, 0.25) is 0 Å². The average molecular weight is 417 g/mol. The summed E-state index contributed by atoms with van der Waals surface area (Å²) in [6.07, 6.45) is 0.705. The number of carbonyl (C=O) groups is 1. The third kappa shape index (κ3) is 4.44. The van der Waals surface area contributed by atoms with Crippen molar-refractivity contribution in [1.29, 1.82) is 0 Å². The van der Waals surface area contributed by atoms with Gasteiger partial charge in [-0.05, 0) is 25.5 Å². The van der Waals surface area contributed by atoms with Crippen LogP contribution in [0.25, 0.3) is 0 Å². The van der Waals surface area contributed by atoms with Crippen LogP contribution in [0, 0.1) is 0 Å². The van der Waals surface area contributed by atoms with E-state index >= 15 is 0 Å². The van der Waals surface area contributed by atoms with Crippen molar-refractivity contribution in [3.63, 3.8) is 0 Å². The normalized spacial score (nSPS) is 14.0. The van der Waals surface area contributed by atoms with E-state index in [0.29, 0.717) is 0 Å². The third-order valence-corrected chi connectivity index (χ3v) is 5.38. The highest BCUT2D eigenvalue weighted by Crippen LogP contribution is 2.35. The lowest BCUT2D eigenvalue weighted by Gasteiger charge is -2.19. The van der Waals surface area contributed by atoms with Crippen molar-refractivity contribution in [2.75, 3.05) is 0 Å². The van der Waals surface area contributed by atoms with Gasteiger partial charge in [0.05, 0.1) is 0 Å². The summed E-state index contributed by atoms with van der Waals surface area (Å²) in [6.45, 7) is 1.37.